The molecule has 1 aromatic carbocycles. The molecule has 0 heterocycles. The predicted molar refractivity (Wildman–Crippen MR) is 70.7 cm³/mol. The molecule has 0 radical (unpaired) electrons. The Morgan fingerprint density at radius 3 is 2.32 bits per heavy atom. The van der Waals surface area contributed by atoms with Crippen molar-refractivity contribution in [1.82, 2.24) is 0 Å². The van der Waals surface area contributed by atoms with Crippen LogP contribution in [0.2, 0.25) is 0 Å². The minimum Gasteiger partial charge on any atom is -0.467 e. The standard InChI is InChI=1S/C12H17NO5S/c1-12(15,11(14)18-2)8-13-9-4-6-10(7-5-9)19(3,16)17/h4-7,13,15H,8H2,1-3H3. The molecule has 0 fully saturated rings. The van der Waals surface area contributed by atoms with E-state index in [1.165, 1.54) is 26.2 Å². The Morgan fingerprint density at radius 2 is 1.89 bits per heavy atom. The van der Waals surface area contributed by atoms with Crippen molar-refractivity contribution in [2.75, 3.05) is 25.2 Å². The molecule has 106 valence electrons. The van der Waals surface area contributed by atoms with E-state index in [-0.39, 0.29) is 11.4 Å². The van der Waals surface area contributed by atoms with Crippen molar-refractivity contribution in [3.8, 4) is 0 Å². The lowest BCUT2D eigenvalue weighted by molar-refractivity contribution is -0.158. The van der Waals surface area contributed by atoms with Crippen molar-refractivity contribution in [2.45, 2.75) is 17.4 Å². The number of hydrogen-bond donors (Lipinski definition) is 2. The largest absolute Gasteiger partial charge is 0.467 e. The van der Waals surface area contributed by atoms with Gasteiger partial charge in [-0.2, -0.15) is 0 Å². The molecule has 0 aliphatic carbocycles. The molecule has 0 bridgehead atoms. The lowest BCUT2D eigenvalue weighted by Gasteiger charge is -2.21. The number of nitrogens with one attached hydrogen (secondary N) is 1. The van der Waals surface area contributed by atoms with E-state index in [2.05, 4.69) is 10.1 Å². The summed E-state index contributed by atoms with van der Waals surface area (Å²) in [4.78, 5) is 11.5. The Hall–Kier alpha value is -1.60. The van der Waals surface area contributed by atoms with E-state index >= 15 is 0 Å². The number of carbonyl (C=O) groups excluding carboxylic acids is 1. The van der Waals surface area contributed by atoms with Gasteiger partial charge in [0, 0.05) is 11.9 Å². The summed E-state index contributed by atoms with van der Waals surface area (Å²) in [6.45, 7) is 1.29. The average Bonchev–Trinajstić information content (AvgIpc) is 2.35. The third kappa shape index (κ3) is 4.22. The first-order valence-corrected chi connectivity index (χ1v) is 7.41. The first-order chi connectivity index (χ1) is 8.66. The second kappa shape index (κ2) is 5.58. The number of rotatable bonds is 5. The second-order valence-corrected chi connectivity index (χ2v) is 6.43. The molecule has 1 aromatic rings. The van der Waals surface area contributed by atoms with E-state index in [0.29, 0.717) is 5.69 Å². The highest BCUT2D eigenvalue weighted by Crippen LogP contribution is 2.15. The van der Waals surface area contributed by atoms with Crippen LogP contribution >= 0.6 is 0 Å². The van der Waals surface area contributed by atoms with Gasteiger partial charge in [-0.05, 0) is 31.2 Å². The quantitative estimate of drug-likeness (QED) is 0.763. The summed E-state index contributed by atoms with van der Waals surface area (Å²) in [6, 6.07) is 6.02. The maximum Gasteiger partial charge on any atom is 0.339 e. The van der Waals surface area contributed by atoms with E-state index < -0.39 is 21.4 Å². The van der Waals surface area contributed by atoms with Crippen LogP contribution in [0.1, 0.15) is 6.92 Å². The van der Waals surface area contributed by atoms with Gasteiger partial charge in [-0.15, -0.1) is 0 Å². The molecule has 1 atom stereocenters. The van der Waals surface area contributed by atoms with Crippen molar-refractivity contribution in [3.63, 3.8) is 0 Å². The summed E-state index contributed by atoms with van der Waals surface area (Å²) in [7, 11) is -2.04. The fourth-order valence-corrected chi connectivity index (χ4v) is 2.02. The van der Waals surface area contributed by atoms with Gasteiger partial charge in [-0.3, -0.25) is 0 Å². The first kappa shape index (κ1) is 15.5. The average molecular weight is 287 g/mol. The van der Waals surface area contributed by atoms with E-state index in [9.17, 15) is 18.3 Å². The summed E-state index contributed by atoms with van der Waals surface area (Å²) in [5, 5.41) is 12.6. The van der Waals surface area contributed by atoms with Crippen LogP contribution < -0.4 is 5.32 Å². The van der Waals surface area contributed by atoms with Gasteiger partial charge in [0.1, 0.15) is 0 Å². The maximum atomic E-state index is 11.3. The van der Waals surface area contributed by atoms with Gasteiger partial charge in [0.15, 0.2) is 15.4 Å². The van der Waals surface area contributed by atoms with Crippen molar-refractivity contribution in [1.29, 1.82) is 0 Å². The van der Waals surface area contributed by atoms with Crippen molar-refractivity contribution >= 4 is 21.5 Å². The number of esters is 1. The van der Waals surface area contributed by atoms with Crippen LogP contribution in [0.3, 0.4) is 0 Å². The van der Waals surface area contributed by atoms with Crippen LogP contribution in [0.5, 0.6) is 0 Å². The molecule has 0 saturated carbocycles. The Kier molecular flexibility index (Phi) is 4.54. The van der Waals surface area contributed by atoms with Gasteiger partial charge in [0.25, 0.3) is 0 Å². The number of carbonyl (C=O) groups is 1. The van der Waals surface area contributed by atoms with E-state index in [1.54, 1.807) is 12.1 Å². The SMILES string of the molecule is COC(=O)C(C)(O)CNc1ccc(S(C)(=O)=O)cc1. The highest BCUT2D eigenvalue weighted by atomic mass is 32.2. The molecule has 1 unspecified atom stereocenters. The molecule has 0 amide bonds. The van der Waals surface area contributed by atoms with Crippen molar-refractivity contribution in [2.24, 2.45) is 0 Å². The zero-order valence-electron chi connectivity index (χ0n) is 11.0. The van der Waals surface area contributed by atoms with Gasteiger partial charge >= 0.3 is 5.97 Å². The molecule has 19 heavy (non-hydrogen) atoms. The minimum absolute atomic E-state index is 0.0438. The van der Waals surface area contributed by atoms with E-state index in [1.807, 2.05) is 0 Å². The normalized spacial score (nSPS) is 14.5. The summed E-state index contributed by atoms with van der Waals surface area (Å²) in [5.74, 6) is -0.743. The number of ether oxygens (including phenoxy) is 1. The van der Waals surface area contributed by atoms with Crippen molar-refractivity contribution in [3.05, 3.63) is 24.3 Å². The van der Waals surface area contributed by atoms with E-state index in [0.717, 1.165) is 6.26 Å². The Bertz CT molecular complexity index is 548. The molecule has 0 saturated heterocycles. The smallest absolute Gasteiger partial charge is 0.339 e. The van der Waals surface area contributed by atoms with Gasteiger partial charge in [-0.1, -0.05) is 0 Å². The Morgan fingerprint density at radius 1 is 1.37 bits per heavy atom. The molecular formula is C12H17NO5S. The van der Waals surface area contributed by atoms with Crippen LogP contribution in [-0.2, 0) is 19.4 Å². The zero-order chi connectivity index (χ0) is 14.7. The number of aliphatic hydroxyl groups is 1. The fraction of sp³-hybridized carbons (Fsp3) is 0.417. The predicted octanol–water partition coefficient (Wildman–Crippen LogP) is 0.426. The summed E-state index contributed by atoms with van der Waals surface area (Å²) in [5.41, 5.74) is -1.05. The monoisotopic (exact) mass is 287 g/mol. The molecule has 7 heteroatoms. The zero-order valence-corrected chi connectivity index (χ0v) is 11.8. The number of methoxy groups -OCH3 is 1. The lowest BCUT2D eigenvalue weighted by Crippen LogP contribution is -2.42. The lowest BCUT2D eigenvalue weighted by atomic mass is 10.1. The molecular weight excluding hydrogens is 270 g/mol. The third-order valence-corrected chi connectivity index (χ3v) is 3.67. The Balaban J connectivity index is 2.72. The molecule has 0 aliphatic rings. The van der Waals surface area contributed by atoms with Gasteiger partial charge in [0.05, 0.1) is 18.6 Å². The highest BCUT2D eigenvalue weighted by Gasteiger charge is 2.31. The highest BCUT2D eigenvalue weighted by molar-refractivity contribution is 7.90. The van der Waals surface area contributed by atoms with Crippen LogP contribution in [0.25, 0.3) is 0 Å². The molecule has 0 aromatic heterocycles. The summed E-state index contributed by atoms with van der Waals surface area (Å²) >= 11 is 0. The number of hydrogen-bond acceptors (Lipinski definition) is 6. The van der Waals surface area contributed by atoms with Crippen LogP contribution in [0, 0.1) is 0 Å². The molecule has 6 nitrogen and oxygen atoms in total. The molecule has 1 rings (SSSR count). The van der Waals surface area contributed by atoms with Gasteiger partial charge < -0.3 is 15.2 Å². The first-order valence-electron chi connectivity index (χ1n) is 5.51. The summed E-state index contributed by atoms with van der Waals surface area (Å²) in [6.07, 6.45) is 1.12. The second-order valence-electron chi connectivity index (χ2n) is 4.42. The van der Waals surface area contributed by atoms with Crippen molar-refractivity contribution < 1.29 is 23.1 Å². The maximum absolute atomic E-state index is 11.3. The fourth-order valence-electron chi connectivity index (χ4n) is 1.39. The van der Waals surface area contributed by atoms with Gasteiger partial charge in [0.2, 0.25) is 0 Å². The molecule has 2 N–H and O–H groups in total. The topological polar surface area (TPSA) is 92.7 Å². The summed E-state index contributed by atoms with van der Waals surface area (Å²) < 4.78 is 27.0. The minimum atomic E-state index is -3.23. The number of benzene rings is 1. The van der Waals surface area contributed by atoms with Crippen LogP contribution in [-0.4, -0.2) is 45.0 Å². The van der Waals surface area contributed by atoms with Gasteiger partial charge in [-0.25, -0.2) is 13.2 Å². The molecule has 0 aliphatic heterocycles. The Labute approximate surface area is 112 Å². The third-order valence-electron chi connectivity index (χ3n) is 2.54. The van der Waals surface area contributed by atoms with E-state index in [4.69, 9.17) is 0 Å². The van der Waals surface area contributed by atoms with Crippen LogP contribution in [0.15, 0.2) is 29.2 Å². The number of anilines is 1. The van der Waals surface area contributed by atoms with Crippen LogP contribution in [0.4, 0.5) is 5.69 Å². The molecule has 0 spiro atoms. The number of sulfone groups is 1.